The van der Waals surface area contributed by atoms with Crippen LogP contribution < -0.4 is 5.32 Å². The third-order valence-electron chi connectivity index (χ3n) is 3.53. The lowest BCUT2D eigenvalue weighted by Gasteiger charge is -2.15. The van der Waals surface area contributed by atoms with Crippen molar-refractivity contribution in [3.05, 3.63) is 35.6 Å². The molecule has 2 rings (SSSR count). The first-order valence-electron chi connectivity index (χ1n) is 6.89. The molecular formula is C15H19FN2O3. The number of hydrogen-bond donors (Lipinski definition) is 1. The lowest BCUT2D eigenvalue weighted by molar-refractivity contribution is -0.129. The van der Waals surface area contributed by atoms with Crippen LogP contribution in [0.4, 0.5) is 4.39 Å². The molecule has 1 N–H and O–H groups in total. The maximum atomic E-state index is 12.8. The summed E-state index contributed by atoms with van der Waals surface area (Å²) in [5.41, 5.74) is 0.824. The molecule has 1 aliphatic rings. The summed E-state index contributed by atoms with van der Waals surface area (Å²) in [5, 5.41) is 2.79. The maximum Gasteiger partial charge on any atom is 0.225 e. The van der Waals surface area contributed by atoms with Gasteiger partial charge in [0.05, 0.1) is 12.5 Å². The molecule has 1 aromatic rings. The number of benzene rings is 1. The van der Waals surface area contributed by atoms with Gasteiger partial charge in [0.15, 0.2) is 0 Å². The van der Waals surface area contributed by atoms with Crippen molar-refractivity contribution in [2.45, 2.75) is 13.0 Å². The molecule has 0 saturated carbocycles. The number of amides is 2. The van der Waals surface area contributed by atoms with Crippen LogP contribution in [0.25, 0.3) is 0 Å². The van der Waals surface area contributed by atoms with E-state index in [0.717, 1.165) is 5.56 Å². The molecule has 1 fully saturated rings. The number of methoxy groups -OCH3 is 1. The minimum Gasteiger partial charge on any atom is -0.383 e. The van der Waals surface area contributed by atoms with E-state index in [-0.39, 0.29) is 30.0 Å². The van der Waals surface area contributed by atoms with Gasteiger partial charge in [-0.2, -0.15) is 0 Å². The molecule has 1 aliphatic heterocycles. The van der Waals surface area contributed by atoms with Gasteiger partial charge in [-0.25, -0.2) is 4.39 Å². The second kappa shape index (κ2) is 7.17. The summed E-state index contributed by atoms with van der Waals surface area (Å²) < 4.78 is 17.7. The molecule has 0 spiro atoms. The fourth-order valence-corrected chi connectivity index (χ4v) is 2.30. The van der Waals surface area contributed by atoms with Crippen molar-refractivity contribution >= 4 is 11.8 Å². The first kappa shape index (κ1) is 15.4. The molecule has 0 unspecified atom stereocenters. The smallest absolute Gasteiger partial charge is 0.225 e. The zero-order chi connectivity index (χ0) is 15.2. The third kappa shape index (κ3) is 4.26. The lowest BCUT2D eigenvalue weighted by atomic mass is 10.1. The zero-order valence-corrected chi connectivity index (χ0v) is 12.0. The van der Waals surface area contributed by atoms with Crippen molar-refractivity contribution in [1.82, 2.24) is 10.2 Å². The van der Waals surface area contributed by atoms with Gasteiger partial charge >= 0.3 is 0 Å². The van der Waals surface area contributed by atoms with E-state index in [0.29, 0.717) is 26.2 Å². The summed E-state index contributed by atoms with van der Waals surface area (Å²) >= 11 is 0. The van der Waals surface area contributed by atoms with Gasteiger partial charge in [0, 0.05) is 33.2 Å². The van der Waals surface area contributed by atoms with E-state index in [1.54, 1.807) is 24.1 Å². The van der Waals surface area contributed by atoms with Gasteiger partial charge in [-0.1, -0.05) is 12.1 Å². The molecular weight excluding hydrogens is 275 g/mol. The first-order valence-corrected chi connectivity index (χ1v) is 6.89. The van der Waals surface area contributed by atoms with E-state index in [4.69, 9.17) is 4.74 Å². The minimum atomic E-state index is -0.324. The Morgan fingerprint density at radius 1 is 1.43 bits per heavy atom. The molecule has 1 heterocycles. The Morgan fingerprint density at radius 2 is 2.14 bits per heavy atom. The van der Waals surface area contributed by atoms with Crippen molar-refractivity contribution in [2.75, 3.05) is 26.8 Å². The van der Waals surface area contributed by atoms with Crippen LogP contribution in [0, 0.1) is 11.7 Å². The molecule has 1 atom stereocenters. The van der Waals surface area contributed by atoms with Gasteiger partial charge in [0.1, 0.15) is 5.82 Å². The van der Waals surface area contributed by atoms with E-state index in [1.165, 1.54) is 12.1 Å². The second-order valence-electron chi connectivity index (χ2n) is 5.08. The summed E-state index contributed by atoms with van der Waals surface area (Å²) in [5.74, 6) is -0.795. The Bertz CT molecular complexity index is 504. The zero-order valence-electron chi connectivity index (χ0n) is 12.0. The van der Waals surface area contributed by atoms with Crippen LogP contribution in [0.15, 0.2) is 24.3 Å². The summed E-state index contributed by atoms with van der Waals surface area (Å²) in [4.78, 5) is 25.5. The first-order chi connectivity index (χ1) is 10.1. The Kier molecular flexibility index (Phi) is 5.27. The predicted molar refractivity (Wildman–Crippen MR) is 74.8 cm³/mol. The number of nitrogens with one attached hydrogen (secondary N) is 1. The van der Waals surface area contributed by atoms with Gasteiger partial charge < -0.3 is 15.0 Å². The molecule has 1 aromatic carbocycles. The number of hydrogen-bond acceptors (Lipinski definition) is 3. The predicted octanol–water partition coefficient (Wildman–Crippen LogP) is 0.937. The highest BCUT2D eigenvalue weighted by Crippen LogP contribution is 2.17. The fraction of sp³-hybridized carbons (Fsp3) is 0.467. The highest BCUT2D eigenvalue weighted by Gasteiger charge is 2.33. The number of rotatable bonds is 6. The number of halogens is 1. The molecule has 0 aliphatic carbocycles. The van der Waals surface area contributed by atoms with Crippen molar-refractivity contribution in [1.29, 1.82) is 0 Å². The second-order valence-corrected chi connectivity index (χ2v) is 5.08. The summed E-state index contributed by atoms with van der Waals surface area (Å²) in [7, 11) is 1.58. The molecule has 1 saturated heterocycles. The monoisotopic (exact) mass is 294 g/mol. The van der Waals surface area contributed by atoms with Crippen LogP contribution in [-0.4, -0.2) is 43.5 Å². The van der Waals surface area contributed by atoms with Crippen molar-refractivity contribution in [3.8, 4) is 0 Å². The van der Waals surface area contributed by atoms with Crippen LogP contribution in [-0.2, 0) is 20.9 Å². The van der Waals surface area contributed by atoms with Crippen LogP contribution in [0.3, 0.4) is 0 Å². The molecule has 21 heavy (non-hydrogen) atoms. The highest BCUT2D eigenvalue weighted by molar-refractivity contribution is 5.89. The molecule has 5 nitrogen and oxygen atoms in total. The largest absolute Gasteiger partial charge is 0.383 e. The Morgan fingerprint density at radius 3 is 2.81 bits per heavy atom. The van der Waals surface area contributed by atoms with Gasteiger partial charge in [-0.3, -0.25) is 9.59 Å². The number of carbonyl (C=O) groups is 2. The Labute approximate surface area is 123 Å². The number of ether oxygens (including phenoxy) is 1. The third-order valence-corrected chi connectivity index (χ3v) is 3.53. The van der Waals surface area contributed by atoms with E-state index in [2.05, 4.69) is 5.32 Å². The fourth-order valence-electron chi connectivity index (χ4n) is 2.30. The van der Waals surface area contributed by atoms with Crippen LogP contribution >= 0.6 is 0 Å². The normalized spacial score (nSPS) is 18.1. The van der Waals surface area contributed by atoms with Crippen molar-refractivity contribution < 1.29 is 18.7 Å². The Balaban J connectivity index is 1.81. The minimum absolute atomic E-state index is 0.0195. The molecule has 114 valence electrons. The van der Waals surface area contributed by atoms with Crippen molar-refractivity contribution in [2.24, 2.45) is 5.92 Å². The van der Waals surface area contributed by atoms with E-state index >= 15 is 0 Å². The molecule has 6 heteroatoms. The number of likely N-dealkylation sites (tertiary alicyclic amines) is 1. The highest BCUT2D eigenvalue weighted by atomic mass is 19.1. The van der Waals surface area contributed by atoms with Gasteiger partial charge in [0.2, 0.25) is 11.8 Å². The topological polar surface area (TPSA) is 58.6 Å². The molecule has 2 amide bonds. The maximum absolute atomic E-state index is 12.8. The van der Waals surface area contributed by atoms with Crippen LogP contribution in [0.2, 0.25) is 0 Å². The van der Waals surface area contributed by atoms with E-state index in [1.807, 2.05) is 0 Å². The van der Waals surface area contributed by atoms with Gasteiger partial charge in [0.25, 0.3) is 0 Å². The summed E-state index contributed by atoms with van der Waals surface area (Å²) in [6.45, 7) is 1.74. The number of carbonyl (C=O) groups excluding carboxylic acids is 2. The average molecular weight is 294 g/mol. The Hall–Kier alpha value is -1.95. The molecule has 0 aromatic heterocycles. The van der Waals surface area contributed by atoms with E-state index in [9.17, 15) is 14.0 Å². The quantitative estimate of drug-likeness (QED) is 0.849. The standard InChI is InChI=1S/C15H19FN2O3/c1-21-7-6-18-10-12(8-14(18)19)15(20)17-9-11-2-4-13(16)5-3-11/h2-5,12H,6-10H2,1H3,(H,17,20)/t12-/m1/s1. The molecule has 0 radical (unpaired) electrons. The summed E-state index contributed by atoms with van der Waals surface area (Å²) in [6.07, 6.45) is 0.235. The lowest BCUT2D eigenvalue weighted by Crippen LogP contribution is -2.33. The van der Waals surface area contributed by atoms with Crippen LogP contribution in [0.1, 0.15) is 12.0 Å². The average Bonchev–Trinajstić information content (AvgIpc) is 2.85. The molecule has 0 bridgehead atoms. The van der Waals surface area contributed by atoms with Gasteiger partial charge in [-0.05, 0) is 17.7 Å². The summed E-state index contributed by atoms with van der Waals surface area (Å²) in [6, 6.07) is 5.96. The van der Waals surface area contributed by atoms with E-state index < -0.39 is 0 Å². The van der Waals surface area contributed by atoms with Crippen LogP contribution in [0.5, 0.6) is 0 Å². The van der Waals surface area contributed by atoms with Crippen molar-refractivity contribution in [3.63, 3.8) is 0 Å². The number of nitrogens with zero attached hydrogens (tertiary/aromatic N) is 1. The van der Waals surface area contributed by atoms with Gasteiger partial charge in [-0.15, -0.1) is 0 Å². The SMILES string of the molecule is COCCN1C[C@H](C(=O)NCc2ccc(F)cc2)CC1=O.